The summed E-state index contributed by atoms with van der Waals surface area (Å²) >= 11 is 0. The maximum absolute atomic E-state index is 9.44. The van der Waals surface area contributed by atoms with E-state index in [1.165, 1.54) is 0 Å². The Morgan fingerprint density at radius 3 is 3.17 bits per heavy atom. The van der Waals surface area contributed by atoms with Crippen molar-refractivity contribution in [2.24, 2.45) is 0 Å². The lowest BCUT2D eigenvalue weighted by Crippen LogP contribution is -2.15. The van der Waals surface area contributed by atoms with Gasteiger partial charge in [0.1, 0.15) is 0 Å². The van der Waals surface area contributed by atoms with E-state index in [-0.39, 0.29) is 12.1 Å². The summed E-state index contributed by atoms with van der Waals surface area (Å²) in [6.45, 7) is 0.574. The summed E-state index contributed by atoms with van der Waals surface area (Å²) < 4.78 is 5.21. The number of β-amino-alcohol motifs (C(OH)–C–C–N with tert-alkyl or cyclic N) is 1. The smallest absolute Gasteiger partial charge is 0.243 e. The van der Waals surface area contributed by atoms with Crippen LogP contribution >= 0.6 is 0 Å². The number of nitrogens with zero attached hydrogens (tertiary/aromatic N) is 3. The molecule has 2 atom stereocenters. The molecule has 2 aromatic heterocycles. The fourth-order valence-electron chi connectivity index (χ4n) is 2.07. The summed E-state index contributed by atoms with van der Waals surface area (Å²) in [5.41, 5.74) is 1.05. The lowest BCUT2D eigenvalue weighted by Gasteiger charge is -2.01. The van der Waals surface area contributed by atoms with Gasteiger partial charge < -0.3 is 14.9 Å². The van der Waals surface area contributed by atoms with Crippen LogP contribution in [0.2, 0.25) is 0 Å². The first-order valence-corrected chi connectivity index (χ1v) is 5.94. The first kappa shape index (κ1) is 11.3. The predicted octanol–water partition coefficient (Wildman–Crippen LogP) is 0.451. The maximum Gasteiger partial charge on any atom is 0.243 e. The Hall–Kier alpha value is -1.79. The van der Waals surface area contributed by atoms with Crippen LogP contribution in [0.15, 0.2) is 29.0 Å². The zero-order chi connectivity index (χ0) is 12.4. The van der Waals surface area contributed by atoms with Crippen LogP contribution in [-0.4, -0.2) is 32.9 Å². The Morgan fingerprint density at radius 2 is 2.44 bits per heavy atom. The van der Waals surface area contributed by atoms with Crippen LogP contribution in [0.25, 0.3) is 0 Å². The number of pyridine rings is 1. The zero-order valence-corrected chi connectivity index (χ0v) is 9.78. The summed E-state index contributed by atoms with van der Waals surface area (Å²) in [5, 5.41) is 16.5. The lowest BCUT2D eigenvalue weighted by atomic mass is 10.2. The molecule has 1 aliphatic heterocycles. The molecule has 2 aromatic rings. The molecular weight excluding hydrogens is 232 g/mol. The van der Waals surface area contributed by atoms with Gasteiger partial charge >= 0.3 is 0 Å². The van der Waals surface area contributed by atoms with E-state index in [0.717, 1.165) is 5.56 Å². The number of aliphatic hydroxyl groups is 1. The SMILES string of the molecule is O[C@@H]1CN[C@H](c2nc(Cc3cccnc3)no2)C1. The van der Waals surface area contributed by atoms with Crippen molar-refractivity contribution >= 4 is 0 Å². The Kier molecular flexibility index (Phi) is 3.04. The molecule has 3 heterocycles. The summed E-state index contributed by atoms with van der Waals surface area (Å²) in [4.78, 5) is 8.39. The second-order valence-corrected chi connectivity index (χ2v) is 4.44. The third-order valence-electron chi connectivity index (χ3n) is 2.97. The minimum atomic E-state index is -0.330. The van der Waals surface area contributed by atoms with E-state index >= 15 is 0 Å². The number of hydrogen-bond acceptors (Lipinski definition) is 6. The molecule has 1 fully saturated rings. The lowest BCUT2D eigenvalue weighted by molar-refractivity contribution is 0.191. The van der Waals surface area contributed by atoms with Crippen LogP contribution in [0.4, 0.5) is 0 Å². The van der Waals surface area contributed by atoms with Gasteiger partial charge in [-0.25, -0.2) is 0 Å². The molecule has 1 aliphatic rings. The molecule has 0 saturated carbocycles. The van der Waals surface area contributed by atoms with Gasteiger partial charge in [0.25, 0.3) is 0 Å². The van der Waals surface area contributed by atoms with Crippen LogP contribution in [0, 0.1) is 0 Å². The largest absolute Gasteiger partial charge is 0.392 e. The average Bonchev–Trinajstić information content (AvgIpc) is 2.99. The molecule has 3 rings (SSSR count). The van der Waals surface area contributed by atoms with Gasteiger partial charge in [0.2, 0.25) is 5.89 Å². The number of rotatable bonds is 3. The zero-order valence-electron chi connectivity index (χ0n) is 9.78. The van der Waals surface area contributed by atoms with Crippen LogP contribution < -0.4 is 5.32 Å². The van der Waals surface area contributed by atoms with E-state index in [2.05, 4.69) is 20.4 Å². The second kappa shape index (κ2) is 4.83. The van der Waals surface area contributed by atoms with Gasteiger partial charge in [0.05, 0.1) is 12.1 Å². The van der Waals surface area contributed by atoms with Gasteiger partial charge in [-0.05, 0) is 18.1 Å². The van der Waals surface area contributed by atoms with Gasteiger partial charge in [-0.3, -0.25) is 4.98 Å². The molecule has 94 valence electrons. The second-order valence-electron chi connectivity index (χ2n) is 4.44. The van der Waals surface area contributed by atoms with Gasteiger partial charge in [0, 0.05) is 25.4 Å². The third kappa shape index (κ3) is 2.39. The van der Waals surface area contributed by atoms with Crippen molar-refractivity contribution in [3.05, 3.63) is 41.8 Å². The van der Waals surface area contributed by atoms with Gasteiger partial charge in [-0.15, -0.1) is 0 Å². The molecule has 6 heteroatoms. The number of aromatic nitrogens is 3. The van der Waals surface area contributed by atoms with Crippen LogP contribution in [0.3, 0.4) is 0 Å². The molecule has 6 nitrogen and oxygen atoms in total. The Labute approximate surface area is 104 Å². The van der Waals surface area contributed by atoms with Crippen molar-refractivity contribution in [2.45, 2.75) is 25.0 Å². The van der Waals surface area contributed by atoms with Gasteiger partial charge in [-0.2, -0.15) is 4.98 Å². The highest BCUT2D eigenvalue weighted by Crippen LogP contribution is 2.22. The maximum atomic E-state index is 9.44. The Morgan fingerprint density at radius 1 is 1.50 bits per heavy atom. The molecule has 2 N–H and O–H groups in total. The highest BCUT2D eigenvalue weighted by molar-refractivity contribution is 5.14. The number of hydrogen-bond donors (Lipinski definition) is 2. The molecular formula is C12H14N4O2. The molecule has 18 heavy (non-hydrogen) atoms. The van der Waals surface area contributed by atoms with Crippen molar-refractivity contribution in [3.8, 4) is 0 Å². The Bertz CT molecular complexity index is 514. The van der Waals surface area contributed by atoms with Gasteiger partial charge in [0.15, 0.2) is 5.82 Å². The third-order valence-corrected chi connectivity index (χ3v) is 2.97. The van der Waals surface area contributed by atoms with Crippen LogP contribution in [0.5, 0.6) is 0 Å². The standard InChI is InChI=1S/C12H14N4O2/c17-9-5-10(14-7-9)12-15-11(16-18-12)4-8-2-1-3-13-6-8/h1-3,6,9-10,14,17H,4-5,7H2/t9-,10-/m0/s1. The van der Waals surface area contributed by atoms with E-state index in [9.17, 15) is 5.11 Å². The molecule has 1 saturated heterocycles. The summed E-state index contributed by atoms with van der Waals surface area (Å²) in [6, 6.07) is 3.82. The van der Waals surface area contributed by atoms with E-state index < -0.39 is 0 Å². The normalized spacial score (nSPS) is 23.4. The monoisotopic (exact) mass is 246 g/mol. The molecule has 0 aliphatic carbocycles. The van der Waals surface area contributed by atoms with E-state index in [0.29, 0.717) is 31.1 Å². The number of nitrogens with one attached hydrogen (secondary N) is 1. The van der Waals surface area contributed by atoms with Crippen LogP contribution in [-0.2, 0) is 6.42 Å². The number of aliphatic hydroxyl groups excluding tert-OH is 1. The van der Waals surface area contributed by atoms with E-state index in [1.807, 2.05) is 12.1 Å². The minimum absolute atomic E-state index is 0.0323. The first-order chi connectivity index (χ1) is 8.81. The molecule has 0 amide bonds. The fourth-order valence-corrected chi connectivity index (χ4v) is 2.07. The molecule has 0 aromatic carbocycles. The molecule has 0 bridgehead atoms. The van der Waals surface area contributed by atoms with E-state index in [1.54, 1.807) is 12.4 Å². The van der Waals surface area contributed by atoms with Crippen molar-refractivity contribution in [3.63, 3.8) is 0 Å². The fraction of sp³-hybridized carbons (Fsp3) is 0.417. The van der Waals surface area contributed by atoms with Crippen LogP contribution in [0.1, 0.15) is 29.7 Å². The highest BCUT2D eigenvalue weighted by Gasteiger charge is 2.27. The Balaban J connectivity index is 1.70. The average molecular weight is 246 g/mol. The van der Waals surface area contributed by atoms with E-state index in [4.69, 9.17) is 4.52 Å². The predicted molar refractivity (Wildman–Crippen MR) is 62.7 cm³/mol. The van der Waals surface area contributed by atoms with Crippen molar-refractivity contribution in [1.29, 1.82) is 0 Å². The van der Waals surface area contributed by atoms with Crippen molar-refractivity contribution in [1.82, 2.24) is 20.4 Å². The summed E-state index contributed by atoms with van der Waals surface area (Å²) in [5.74, 6) is 1.19. The quantitative estimate of drug-likeness (QED) is 0.818. The van der Waals surface area contributed by atoms with Gasteiger partial charge in [-0.1, -0.05) is 11.2 Å². The highest BCUT2D eigenvalue weighted by atomic mass is 16.5. The molecule has 0 radical (unpaired) electrons. The molecule has 0 spiro atoms. The minimum Gasteiger partial charge on any atom is -0.392 e. The summed E-state index contributed by atoms with van der Waals surface area (Å²) in [7, 11) is 0. The molecule has 0 unspecified atom stereocenters. The summed E-state index contributed by atoms with van der Waals surface area (Å²) in [6.07, 6.45) is 4.41. The van der Waals surface area contributed by atoms with Crippen molar-refractivity contribution in [2.75, 3.05) is 6.54 Å². The topological polar surface area (TPSA) is 84.1 Å². The first-order valence-electron chi connectivity index (χ1n) is 5.94. The van der Waals surface area contributed by atoms with Crippen molar-refractivity contribution < 1.29 is 9.63 Å².